The minimum atomic E-state index is -3.84. The van der Waals surface area contributed by atoms with Crippen molar-refractivity contribution in [2.75, 3.05) is 26.1 Å². The first-order valence-electron chi connectivity index (χ1n) is 7.60. The van der Waals surface area contributed by atoms with Crippen LogP contribution in [0.15, 0.2) is 53.4 Å². The van der Waals surface area contributed by atoms with E-state index in [0.29, 0.717) is 4.47 Å². The van der Waals surface area contributed by atoms with E-state index in [-0.39, 0.29) is 16.1 Å². The number of ether oxygens (including phenoxy) is 1. The number of anilines is 1. The third-order valence-corrected chi connectivity index (χ3v) is 5.16. The van der Waals surface area contributed by atoms with Crippen LogP contribution in [-0.4, -0.2) is 45.5 Å². The minimum Gasteiger partial charge on any atom is -0.452 e. The predicted octanol–water partition coefficient (Wildman–Crippen LogP) is 1.80. The van der Waals surface area contributed by atoms with E-state index in [9.17, 15) is 22.4 Å². The highest BCUT2D eigenvalue weighted by atomic mass is 32.2. The number of para-hydroxylation sites is 1. The molecule has 1 N–H and O–H groups in total. The third-order valence-electron chi connectivity index (χ3n) is 3.47. The molecular formula is C17H17FN2O6S. The molecule has 0 aliphatic carbocycles. The zero-order valence-corrected chi connectivity index (χ0v) is 15.3. The van der Waals surface area contributed by atoms with E-state index >= 15 is 0 Å². The molecule has 0 unspecified atom stereocenters. The van der Waals surface area contributed by atoms with E-state index in [2.05, 4.69) is 10.2 Å². The van der Waals surface area contributed by atoms with Crippen LogP contribution in [0.1, 0.15) is 10.4 Å². The van der Waals surface area contributed by atoms with Gasteiger partial charge >= 0.3 is 5.97 Å². The van der Waals surface area contributed by atoms with Crippen LogP contribution < -0.4 is 5.32 Å². The first kappa shape index (κ1) is 20.5. The standard InChI is InChI=1S/C17H17FN2O6S/c1-20(25-2)27(23,24)13-9-7-12(8-10-13)17(22)26-11-16(21)19-15-6-4-3-5-14(15)18/h3-10H,11H2,1-2H3,(H,19,21). The van der Waals surface area contributed by atoms with Gasteiger partial charge in [-0.1, -0.05) is 16.6 Å². The summed E-state index contributed by atoms with van der Waals surface area (Å²) in [6.45, 7) is -0.625. The van der Waals surface area contributed by atoms with E-state index < -0.39 is 34.3 Å². The van der Waals surface area contributed by atoms with E-state index in [0.717, 1.165) is 0 Å². The maximum absolute atomic E-state index is 13.4. The van der Waals surface area contributed by atoms with Crippen LogP contribution in [0.5, 0.6) is 0 Å². The number of benzene rings is 2. The van der Waals surface area contributed by atoms with E-state index in [1.165, 1.54) is 56.6 Å². The smallest absolute Gasteiger partial charge is 0.338 e. The number of rotatable bonds is 7. The van der Waals surface area contributed by atoms with Crippen LogP contribution in [-0.2, 0) is 24.4 Å². The fourth-order valence-corrected chi connectivity index (χ4v) is 2.95. The largest absolute Gasteiger partial charge is 0.452 e. The van der Waals surface area contributed by atoms with Crippen LogP contribution in [0.4, 0.5) is 10.1 Å². The molecule has 10 heteroatoms. The number of carbonyl (C=O) groups excluding carboxylic acids is 2. The summed E-state index contributed by atoms with van der Waals surface area (Å²) in [5.74, 6) is -2.16. The van der Waals surface area contributed by atoms with Crippen LogP contribution in [0.25, 0.3) is 0 Å². The lowest BCUT2D eigenvalue weighted by molar-refractivity contribution is -0.119. The molecule has 0 atom stereocenters. The third kappa shape index (κ3) is 5.09. The Bertz CT molecular complexity index is 931. The number of amides is 1. The second-order valence-electron chi connectivity index (χ2n) is 5.23. The van der Waals surface area contributed by atoms with Crippen molar-refractivity contribution in [2.24, 2.45) is 0 Å². The van der Waals surface area contributed by atoms with Crippen molar-refractivity contribution < 1.29 is 32.0 Å². The number of hydroxylamine groups is 1. The lowest BCUT2D eigenvalue weighted by atomic mass is 10.2. The Hall–Kier alpha value is -2.82. The molecule has 0 fully saturated rings. The molecule has 2 aromatic carbocycles. The van der Waals surface area contributed by atoms with Crippen molar-refractivity contribution in [3.05, 3.63) is 59.9 Å². The summed E-state index contributed by atoms with van der Waals surface area (Å²) in [6.07, 6.45) is 0. The molecule has 0 heterocycles. The van der Waals surface area contributed by atoms with Gasteiger partial charge in [0.25, 0.3) is 15.9 Å². The van der Waals surface area contributed by atoms with Gasteiger partial charge in [0.2, 0.25) is 0 Å². The number of hydrogen-bond donors (Lipinski definition) is 1. The Labute approximate surface area is 155 Å². The van der Waals surface area contributed by atoms with Gasteiger partial charge < -0.3 is 10.1 Å². The maximum Gasteiger partial charge on any atom is 0.338 e. The first-order valence-corrected chi connectivity index (χ1v) is 9.04. The van der Waals surface area contributed by atoms with Crippen molar-refractivity contribution in [1.29, 1.82) is 0 Å². The maximum atomic E-state index is 13.4. The Morgan fingerprint density at radius 2 is 1.74 bits per heavy atom. The van der Waals surface area contributed by atoms with Crippen molar-refractivity contribution >= 4 is 27.6 Å². The minimum absolute atomic E-state index is 0.0321. The Kier molecular flexibility index (Phi) is 6.61. The van der Waals surface area contributed by atoms with Gasteiger partial charge in [-0.05, 0) is 36.4 Å². The number of carbonyl (C=O) groups is 2. The molecule has 0 bridgehead atoms. The molecule has 8 nitrogen and oxygen atoms in total. The molecule has 2 rings (SSSR count). The average Bonchev–Trinajstić information content (AvgIpc) is 2.67. The van der Waals surface area contributed by atoms with Gasteiger partial charge in [0.15, 0.2) is 6.61 Å². The van der Waals surface area contributed by atoms with E-state index in [1.807, 2.05) is 0 Å². The summed E-state index contributed by atoms with van der Waals surface area (Å²) in [7, 11) is -1.40. The zero-order chi connectivity index (χ0) is 20.0. The van der Waals surface area contributed by atoms with E-state index in [1.54, 1.807) is 6.07 Å². The van der Waals surface area contributed by atoms with Gasteiger partial charge in [0, 0.05) is 7.05 Å². The number of nitrogens with one attached hydrogen (secondary N) is 1. The summed E-state index contributed by atoms with van der Waals surface area (Å²) >= 11 is 0. The summed E-state index contributed by atoms with van der Waals surface area (Å²) in [6, 6.07) is 10.5. The van der Waals surface area contributed by atoms with Crippen LogP contribution in [0, 0.1) is 5.82 Å². The topological polar surface area (TPSA) is 102 Å². The molecule has 27 heavy (non-hydrogen) atoms. The van der Waals surface area contributed by atoms with Crippen molar-refractivity contribution in [3.63, 3.8) is 0 Å². The zero-order valence-electron chi connectivity index (χ0n) is 14.5. The van der Waals surface area contributed by atoms with Crippen molar-refractivity contribution in [2.45, 2.75) is 4.90 Å². The second-order valence-corrected chi connectivity index (χ2v) is 7.16. The normalized spacial score (nSPS) is 11.3. The van der Waals surface area contributed by atoms with Gasteiger partial charge in [0.05, 0.1) is 23.3 Å². The van der Waals surface area contributed by atoms with Crippen molar-refractivity contribution in [3.8, 4) is 0 Å². The molecule has 0 saturated carbocycles. The number of esters is 1. The summed E-state index contributed by atoms with van der Waals surface area (Å²) in [5.41, 5.74) is 0.0167. The fraction of sp³-hybridized carbons (Fsp3) is 0.176. The molecule has 0 spiro atoms. The number of nitrogens with zero attached hydrogens (tertiary/aromatic N) is 1. The Balaban J connectivity index is 1.96. The highest BCUT2D eigenvalue weighted by Gasteiger charge is 2.21. The van der Waals surface area contributed by atoms with E-state index in [4.69, 9.17) is 4.74 Å². The highest BCUT2D eigenvalue weighted by Crippen LogP contribution is 2.16. The number of sulfonamides is 1. The molecule has 0 aromatic heterocycles. The number of halogens is 1. The molecule has 0 saturated heterocycles. The summed E-state index contributed by atoms with van der Waals surface area (Å²) in [5, 5.41) is 2.28. The van der Waals surface area contributed by atoms with Gasteiger partial charge in [-0.3, -0.25) is 9.63 Å². The molecule has 1 amide bonds. The van der Waals surface area contributed by atoms with Gasteiger partial charge in [0.1, 0.15) is 5.82 Å². The summed E-state index contributed by atoms with van der Waals surface area (Å²) < 4.78 is 43.1. The monoisotopic (exact) mass is 396 g/mol. The predicted molar refractivity (Wildman–Crippen MR) is 93.7 cm³/mol. The molecule has 144 valence electrons. The quantitative estimate of drug-likeness (QED) is 0.566. The van der Waals surface area contributed by atoms with Gasteiger partial charge in [-0.25, -0.2) is 17.6 Å². The van der Waals surface area contributed by atoms with Gasteiger partial charge in [-0.2, -0.15) is 0 Å². The number of hydrogen-bond acceptors (Lipinski definition) is 6. The lowest BCUT2D eigenvalue weighted by Crippen LogP contribution is -2.25. The summed E-state index contributed by atoms with van der Waals surface area (Å²) in [4.78, 5) is 28.3. The highest BCUT2D eigenvalue weighted by molar-refractivity contribution is 7.89. The van der Waals surface area contributed by atoms with Crippen LogP contribution in [0.2, 0.25) is 0 Å². The Morgan fingerprint density at radius 3 is 2.33 bits per heavy atom. The molecule has 0 aliphatic heterocycles. The first-order chi connectivity index (χ1) is 12.8. The SMILES string of the molecule is CON(C)S(=O)(=O)c1ccc(C(=O)OCC(=O)Nc2ccccc2F)cc1. The van der Waals surface area contributed by atoms with Crippen LogP contribution >= 0.6 is 0 Å². The fourth-order valence-electron chi connectivity index (χ4n) is 1.97. The molecule has 2 aromatic rings. The lowest BCUT2D eigenvalue weighted by Gasteiger charge is -2.14. The molecule has 0 radical (unpaired) electrons. The van der Waals surface area contributed by atoms with Crippen LogP contribution in [0.3, 0.4) is 0 Å². The van der Waals surface area contributed by atoms with Crippen molar-refractivity contribution in [1.82, 2.24) is 4.47 Å². The average molecular weight is 396 g/mol. The molecule has 0 aliphatic rings. The van der Waals surface area contributed by atoms with Gasteiger partial charge in [-0.15, -0.1) is 0 Å². The Morgan fingerprint density at radius 1 is 1.11 bits per heavy atom. The molecular weight excluding hydrogens is 379 g/mol. The second kappa shape index (κ2) is 8.71.